The van der Waals surface area contributed by atoms with Gasteiger partial charge in [0, 0.05) is 31.7 Å². The average molecular weight is 382 g/mol. The molecule has 0 aromatic heterocycles. The van der Waals surface area contributed by atoms with Gasteiger partial charge in [0.25, 0.3) is 0 Å². The van der Waals surface area contributed by atoms with Crippen molar-refractivity contribution in [2.75, 3.05) is 24.7 Å². The standard InChI is InChI=1S/C20H28FNO3S/c21-17-5-3-16(4-6-17)15-19(24)9-7-18-8-10-20(25)22(18)11-14-26-13-2-1-12-23/h3-7,9,18-19,23-24H,1-2,8,10-15H2/t18-,19+/m0/s1. The fraction of sp³-hybridized carbons (Fsp3) is 0.550. The molecule has 0 unspecified atom stereocenters. The number of carbonyl (C=O) groups excluding carboxylic acids is 1. The Bertz CT molecular complexity index is 579. The molecule has 1 aliphatic rings. The van der Waals surface area contributed by atoms with Gasteiger partial charge in [-0.05, 0) is 42.7 Å². The van der Waals surface area contributed by atoms with Gasteiger partial charge in [-0.1, -0.05) is 24.3 Å². The third-order valence-corrected chi connectivity index (χ3v) is 5.51. The van der Waals surface area contributed by atoms with Crippen LogP contribution in [0, 0.1) is 5.82 Å². The topological polar surface area (TPSA) is 60.8 Å². The van der Waals surface area contributed by atoms with Crippen molar-refractivity contribution in [3.05, 3.63) is 47.8 Å². The monoisotopic (exact) mass is 381 g/mol. The van der Waals surface area contributed by atoms with Crippen molar-refractivity contribution >= 4 is 17.7 Å². The molecule has 26 heavy (non-hydrogen) atoms. The summed E-state index contributed by atoms with van der Waals surface area (Å²) >= 11 is 1.80. The van der Waals surface area contributed by atoms with Crippen LogP contribution in [0.5, 0.6) is 0 Å². The van der Waals surface area contributed by atoms with Crippen LogP contribution in [-0.2, 0) is 11.2 Å². The normalized spacial score (nSPS) is 18.8. The second-order valence-corrected chi connectivity index (χ2v) is 7.74. The van der Waals surface area contributed by atoms with E-state index in [1.165, 1.54) is 12.1 Å². The molecule has 1 heterocycles. The Balaban J connectivity index is 1.77. The van der Waals surface area contributed by atoms with Gasteiger partial charge in [-0.3, -0.25) is 4.79 Å². The van der Waals surface area contributed by atoms with Crippen molar-refractivity contribution in [1.29, 1.82) is 0 Å². The molecule has 2 rings (SSSR count). The van der Waals surface area contributed by atoms with Crippen molar-refractivity contribution in [1.82, 2.24) is 4.90 Å². The van der Waals surface area contributed by atoms with Gasteiger partial charge in [-0.15, -0.1) is 0 Å². The van der Waals surface area contributed by atoms with Crippen LogP contribution in [0.25, 0.3) is 0 Å². The number of hydrogen-bond donors (Lipinski definition) is 2. The van der Waals surface area contributed by atoms with E-state index < -0.39 is 6.10 Å². The molecular formula is C20H28FNO3S. The van der Waals surface area contributed by atoms with Gasteiger partial charge < -0.3 is 15.1 Å². The van der Waals surface area contributed by atoms with E-state index in [0.29, 0.717) is 19.4 Å². The fourth-order valence-corrected chi connectivity index (χ4v) is 3.95. The molecule has 1 aromatic rings. The molecule has 2 atom stereocenters. The van der Waals surface area contributed by atoms with Crippen LogP contribution in [0.2, 0.25) is 0 Å². The Labute approximate surface area is 159 Å². The van der Waals surface area contributed by atoms with Gasteiger partial charge in [0.2, 0.25) is 5.91 Å². The Morgan fingerprint density at radius 3 is 2.77 bits per heavy atom. The lowest BCUT2D eigenvalue weighted by Crippen LogP contribution is -2.34. The van der Waals surface area contributed by atoms with E-state index in [9.17, 15) is 14.3 Å². The zero-order valence-electron chi connectivity index (χ0n) is 15.0. The molecule has 0 bridgehead atoms. The number of nitrogens with zero attached hydrogens (tertiary/aromatic N) is 1. The number of aliphatic hydroxyl groups is 2. The Hall–Kier alpha value is -1.37. The van der Waals surface area contributed by atoms with Crippen molar-refractivity contribution in [2.24, 2.45) is 0 Å². The minimum Gasteiger partial charge on any atom is -0.396 e. The van der Waals surface area contributed by atoms with E-state index in [-0.39, 0.29) is 24.4 Å². The molecule has 6 heteroatoms. The molecule has 144 valence electrons. The van der Waals surface area contributed by atoms with Gasteiger partial charge in [-0.25, -0.2) is 4.39 Å². The third kappa shape index (κ3) is 7.09. The van der Waals surface area contributed by atoms with Crippen LogP contribution in [0.1, 0.15) is 31.2 Å². The van der Waals surface area contributed by atoms with E-state index in [1.54, 1.807) is 30.0 Å². The maximum Gasteiger partial charge on any atom is 0.223 e. The Kier molecular flexibility index (Phi) is 9.15. The summed E-state index contributed by atoms with van der Waals surface area (Å²) in [5.41, 5.74) is 0.877. The lowest BCUT2D eigenvalue weighted by molar-refractivity contribution is -0.128. The summed E-state index contributed by atoms with van der Waals surface area (Å²) in [7, 11) is 0. The zero-order valence-corrected chi connectivity index (χ0v) is 15.8. The van der Waals surface area contributed by atoms with Crippen LogP contribution < -0.4 is 0 Å². The lowest BCUT2D eigenvalue weighted by Gasteiger charge is -2.22. The van der Waals surface area contributed by atoms with Crippen molar-refractivity contribution in [3.8, 4) is 0 Å². The molecule has 1 amide bonds. The SMILES string of the molecule is O=C1CC[C@H](C=C[C@@H](O)Cc2ccc(F)cc2)N1CCSCCCCO. The van der Waals surface area contributed by atoms with Crippen LogP contribution >= 0.6 is 11.8 Å². The van der Waals surface area contributed by atoms with Crippen molar-refractivity contribution in [3.63, 3.8) is 0 Å². The molecule has 1 saturated heterocycles. The second-order valence-electron chi connectivity index (χ2n) is 6.52. The number of likely N-dealkylation sites (tertiary alicyclic amines) is 1. The maximum absolute atomic E-state index is 12.9. The van der Waals surface area contributed by atoms with Crippen molar-refractivity contribution < 1.29 is 19.4 Å². The summed E-state index contributed by atoms with van der Waals surface area (Å²) in [6, 6.07) is 6.17. The van der Waals surface area contributed by atoms with Crippen LogP contribution in [0.15, 0.2) is 36.4 Å². The molecule has 1 aromatic carbocycles. The fourth-order valence-electron chi connectivity index (χ4n) is 3.01. The predicted octanol–water partition coefficient (Wildman–Crippen LogP) is 2.78. The molecule has 0 saturated carbocycles. The average Bonchev–Trinajstić information content (AvgIpc) is 2.98. The highest BCUT2D eigenvalue weighted by molar-refractivity contribution is 7.99. The highest BCUT2D eigenvalue weighted by Gasteiger charge is 2.28. The molecular weight excluding hydrogens is 353 g/mol. The van der Waals surface area contributed by atoms with E-state index in [1.807, 2.05) is 11.0 Å². The summed E-state index contributed by atoms with van der Waals surface area (Å²) in [6.45, 7) is 0.948. The van der Waals surface area contributed by atoms with Crippen LogP contribution in [0.4, 0.5) is 4.39 Å². The summed E-state index contributed by atoms with van der Waals surface area (Å²) in [5.74, 6) is 1.77. The van der Waals surface area contributed by atoms with Gasteiger partial charge >= 0.3 is 0 Å². The quantitative estimate of drug-likeness (QED) is 0.457. The van der Waals surface area contributed by atoms with E-state index in [2.05, 4.69) is 0 Å². The molecule has 2 N–H and O–H groups in total. The number of rotatable bonds is 11. The number of carbonyl (C=O) groups is 1. The second kappa shape index (κ2) is 11.4. The lowest BCUT2D eigenvalue weighted by atomic mass is 10.1. The highest BCUT2D eigenvalue weighted by atomic mass is 32.2. The number of amides is 1. The van der Waals surface area contributed by atoms with E-state index in [4.69, 9.17) is 5.11 Å². The van der Waals surface area contributed by atoms with Gasteiger partial charge in [0.05, 0.1) is 12.1 Å². The number of aliphatic hydroxyl groups excluding tert-OH is 2. The number of hydrogen-bond acceptors (Lipinski definition) is 4. The summed E-state index contributed by atoms with van der Waals surface area (Å²) in [6.07, 6.45) is 6.61. The summed E-state index contributed by atoms with van der Waals surface area (Å²) in [5, 5.41) is 18.9. The first-order chi connectivity index (χ1) is 12.6. The number of benzene rings is 1. The number of thioether (sulfide) groups is 1. The first-order valence-electron chi connectivity index (χ1n) is 9.19. The summed E-state index contributed by atoms with van der Waals surface area (Å²) < 4.78 is 12.9. The summed E-state index contributed by atoms with van der Waals surface area (Å²) in [4.78, 5) is 14.0. The third-order valence-electron chi connectivity index (χ3n) is 4.46. The predicted molar refractivity (Wildman–Crippen MR) is 104 cm³/mol. The van der Waals surface area contributed by atoms with Gasteiger partial charge in [-0.2, -0.15) is 11.8 Å². The van der Waals surface area contributed by atoms with Gasteiger partial charge in [0.15, 0.2) is 0 Å². The molecule has 1 aliphatic heterocycles. The molecule has 0 radical (unpaired) electrons. The Morgan fingerprint density at radius 2 is 2.04 bits per heavy atom. The van der Waals surface area contributed by atoms with Crippen molar-refractivity contribution in [2.45, 2.75) is 44.2 Å². The highest BCUT2D eigenvalue weighted by Crippen LogP contribution is 2.21. The molecule has 0 aliphatic carbocycles. The molecule has 4 nitrogen and oxygen atoms in total. The first kappa shape index (κ1) is 20.9. The van der Waals surface area contributed by atoms with E-state index in [0.717, 1.165) is 36.3 Å². The largest absolute Gasteiger partial charge is 0.396 e. The van der Waals surface area contributed by atoms with Gasteiger partial charge in [0.1, 0.15) is 5.82 Å². The Morgan fingerprint density at radius 1 is 1.27 bits per heavy atom. The zero-order chi connectivity index (χ0) is 18.8. The minimum absolute atomic E-state index is 0.0448. The first-order valence-corrected chi connectivity index (χ1v) is 10.3. The maximum atomic E-state index is 12.9. The smallest absolute Gasteiger partial charge is 0.223 e. The minimum atomic E-state index is -0.647. The van der Waals surface area contributed by atoms with Crippen LogP contribution in [-0.4, -0.2) is 57.8 Å². The number of unbranched alkanes of at least 4 members (excludes halogenated alkanes) is 1. The van der Waals surface area contributed by atoms with Crippen LogP contribution in [0.3, 0.4) is 0 Å². The molecule has 0 spiro atoms. The molecule has 1 fully saturated rings. The van der Waals surface area contributed by atoms with E-state index >= 15 is 0 Å². The number of halogens is 1.